The maximum atomic E-state index is 11.9. The van der Waals surface area contributed by atoms with E-state index in [2.05, 4.69) is 5.32 Å². The lowest BCUT2D eigenvalue weighted by Gasteiger charge is -2.31. The molecule has 2 amide bonds. The standard InChI is InChI=1S/C13H20N2O2S/c1-17-10-11-4-6-15(7-5-11)13(16)14-9-12-3-2-8-18-12/h2-3,8,11H,4-7,9-10H2,1H3,(H,14,16). The summed E-state index contributed by atoms with van der Waals surface area (Å²) in [4.78, 5) is 15.0. The van der Waals surface area contributed by atoms with Gasteiger partial charge in [0.1, 0.15) is 0 Å². The molecule has 100 valence electrons. The third-order valence-electron chi connectivity index (χ3n) is 3.30. The number of methoxy groups -OCH3 is 1. The van der Waals surface area contributed by atoms with E-state index in [1.807, 2.05) is 22.4 Å². The third kappa shape index (κ3) is 3.71. The fourth-order valence-corrected chi connectivity index (χ4v) is 2.87. The predicted molar refractivity (Wildman–Crippen MR) is 72.7 cm³/mol. The summed E-state index contributed by atoms with van der Waals surface area (Å²) in [5.41, 5.74) is 0. The van der Waals surface area contributed by atoms with Crippen molar-refractivity contribution in [3.05, 3.63) is 22.4 Å². The molecule has 2 heterocycles. The lowest BCUT2D eigenvalue weighted by molar-refractivity contribution is 0.107. The molecule has 5 heteroatoms. The highest BCUT2D eigenvalue weighted by molar-refractivity contribution is 7.09. The topological polar surface area (TPSA) is 41.6 Å². The molecular weight excluding hydrogens is 248 g/mol. The summed E-state index contributed by atoms with van der Waals surface area (Å²) in [7, 11) is 1.74. The summed E-state index contributed by atoms with van der Waals surface area (Å²) in [6.45, 7) is 3.12. The van der Waals surface area contributed by atoms with Crippen molar-refractivity contribution < 1.29 is 9.53 Å². The summed E-state index contributed by atoms with van der Waals surface area (Å²) in [5, 5.41) is 4.99. The highest BCUT2D eigenvalue weighted by atomic mass is 32.1. The fraction of sp³-hybridized carbons (Fsp3) is 0.615. The Morgan fingerprint density at radius 3 is 2.94 bits per heavy atom. The molecule has 2 rings (SSSR count). The van der Waals surface area contributed by atoms with Gasteiger partial charge in [0.2, 0.25) is 0 Å². The zero-order chi connectivity index (χ0) is 12.8. The molecule has 1 aliphatic heterocycles. The fourth-order valence-electron chi connectivity index (χ4n) is 2.23. The van der Waals surface area contributed by atoms with Gasteiger partial charge in [-0.25, -0.2) is 4.79 Å². The maximum Gasteiger partial charge on any atom is 0.317 e. The van der Waals surface area contributed by atoms with Crippen molar-refractivity contribution in [1.29, 1.82) is 0 Å². The smallest absolute Gasteiger partial charge is 0.317 e. The zero-order valence-electron chi connectivity index (χ0n) is 10.7. The molecule has 1 aliphatic rings. The zero-order valence-corrected chi connectivity index (χ0v) is 11.5. The number of urea groups is 1. The van der Waals surface area contributed by atoms with E-state index in [9.17, 15) is 4.79 Å². The van der Waals surface area contributed by atoms with Crippen LogP contribution in [0, 0.1) is 5.92 Å². The highest BCUT2D eigenvalue weighted by Crippen LogP contribution is 2.17. The Balaban J connectivity index is 1.70. The Labute approximate surface area is 112 Å². The van der Waals surface area contributed by atoms with Crippen molar-refractivity contribution in [1.82, 2.24) is 10.2 Å². The maximum absolute atomic E-state index is 11.9. The van der Waals surface area contributed by atoms with E-state index in [1.54, 1.807) is 18.4 Å². The number of hydrogen-bond donors (Lipinski definition) is 1. The predicted octanol–water partition coefficient (Wildman–Crippen LogP) is 2.32. The minimum atomic E-state index is 0.0549. The van der Waals surface area contributed by atoms with Crippen LogP contribution in [0.25, 0.3) is 0 Å². The number of piperidine rings is 1. The molecule has 0 unspecified atom stereocenters. The average molecular weight is 268 g/mol. The third-order valence-corrected chi connectivity index (χ3v) is 4.17. The van der Waals surface area contributed by atoms with Gasteiger partial charge < -0.3 is 15.0 Å². The highest BCUT2D eigenvalue weighted by Gasteiger charge is 2.22. The molecule has 0 aromatic carbocycles. The van der Waals surface area contributed by atoms with Gasteiger partial charge in [0.15, 0.2) is 0 Å². The lowest BCUT2D eigenvalue weighted by Crippen LogP contribution is -2.44. The second-order valence-electron chi connectivity index (χ2n) is 4.62. The Hall–Kier alpha value is -1.07. The lowest BCUT2D eigenvalue weighted by atomic mass is 9.98. The number of rotatable bonds is 4. The Morgan fingerprint density at radius 1 is 1.56 bits per heavy atom. The van der Waals surface area contributed by atoms with Crippen molar-refractivity contribution >= 4 is 17.4 Å². The van der Waals surface area contributed by atoms with Crippen molar-refractivity contribution in [3.63, 3.8) is 0 Å². The van der Waals surface area contributed by atoms with E-state index in [1.165, 1.54) is 4.88 Å². The molecule has 0 aliphatic carbocycles. The number of nitrogens with one attached hydrogen (secondary N) is 1. The minimum absolute atomic E-state index is 0.0549. The molecule has 0 spiro atoms. The molecular formula is C13H20N2O2S. The summed E-state index contributed by atoms with van der Waals surface area (Å²) in [6, 6.07) is 4.09. The van der Waals surface area contributed by atoms with Gasteiger partial charge in [0, 0.05) is 31.7 Å². The second-order valence-corrected chi connectivity index (χ2v) is 5.66. The van der Waals surface area contributed by atoms with Gasteiger partial charge in [-0.3, -0.25) is 0 Å². The second kappa shape index (κ2) is 6.75. The van der Waals surface area contributed by atoms with Crippen LogP contribution in [-0.2, 0) is 11.3 Å². The molecule has 0 bridgehead atoms. The number of hydrogen-bond acceptors (Lipinski definition) is 3. The SMILES string of the molecule is COCC1CCN(C(=O)NCc2cccs2)CC1. The molecule has 18 heavy (non-hydrogen) atoms. The number of ether oxygens (including phenoxy) is 1. The van der Waals surface area contributed by atoms with Crippen molar-refractivity contribution in [2.24, 2.45) is 5.92 Å². The van der Waals surface area contributed by atoms with E-state index in [0.717, 1.165) is 32.5 Å². The molecule has 0 atom stereocenters. The van der Waals surface area contributed by atoms with Crippen LogP contribution in [0.2, 0.25) is 0 Å². The van der Waals surface area contributed by atoms with Gasteiger partial charge >= 0.3 is 6.03 Å². The Kier molecular flexibility index (Phi) is 5.01. The Morgan fingerprint density at radius 2 is 2.33 bits per heavy atom. The van der Waals surface area contributed by atoms with Gasteiger partial charge in [-0.1, -0.05) is 6.07 Å². The van der Waals surface area contributed by atoms with Crippen LogP contribution in [0.1, 0.15) is 17.7 Å². The van der Waals surface area contributed by atoms with Crippen molar-refractivity contribution in [2.45, 2.75) is 19.4 Å². The van der Waals surface area contributed by atoms with Gasteiger partial charge in [-0.15, -0.1) is 11.3 Å². The number of thiophene rings is 1. The van der Waals surface area contributed by atoms with Crippen LogP contribution >= 0.6 is 11.3 Å². The first kappa shape index (κ1) is 13.4. The average Bonchev–Trinajstić information content (AvgIpc) is 2.90. The first-order valence-electron chi connectivity index (χ1n) is 6.33. The van der Waals surface area contributed by atoms with Crippen molar-refractivity contribution in [3.8, 4) is 0 Å². The molecule has 1 aromatic heterocycles. The molecule has 0 saturated carbocycles. The number of nitrogens with zero attached hydrogens (tertiary/aromatic N) is 1. The molecule has 1 fully saturated rings. The van der Waals surface area contributed by atoms with Crippen LogP contribution in [0.3, 0.4) is 0 Å². The normalized spacial score (nSPS) is 16.8. The quantitative estimate of drug-likeness (QED) is 0.910. The van der Waals surface area contributed by atoms with Gasteiger partial charge in [-0.2, -0.15) is 0 Å². The molecule has 0 radical (unpaired) electrons. The first-order chi connectivity index (χ1) is 8.79. The minimum Gasteiger partial charge on any atom is -0.384 e. The van der Waals surface area contributed by atoms with E-state index in [0.29, 0.717) is 12.5 Å². The van der Waals surface area contributed by atoms with Crippen LogP contribution in [0.5, 0.6) is 0 Å². The number of amides is 2. The van der Waals surface area contributed by atoms with E-state index in [-0.39, 0.29) is 6.03 Å². The number of carbonyl (C=O) groups excluding carboxylic acids is 1. The first-order valence-corrected chi connectivity index (χ1v) is 7.21. The van der Waals surface area contributed by atoms with Crippen LogP contribution in [-0.4, -0.2) is 37.7 Å². The summed E-state index contributed by atoms with van der Waals surface area (Å²) in [5.74, 6) is 0.608. The van der Waals surface area contributed by atoms with Crippen molar-refractivity contribution in [2.75, 3.05) is 26.8 Å². The molecule has 1 saturated heterocycles. The molecule has 4 nitrogen and oxygen atoms in total. The van der Waals surface area contributed by atoms with Gasteiger partial charge in [-0.05, 0) is 30.2 Å². The summed E-state index contributed by atoms with van der Waals surface area (Å²) >= 11 is 1.67. The number of carbonyl (C=O) groups is 1. The van der Waals surface area contributed by atoms with Crippen LogP contribution in [0.15, 0.2) is 17.5 Å². The van der Waals surface area contributed by atoms with Gasteiger partial charge in [0.05, 0.1) is 6.54 Å². The van der Waals surface area contributed by atoms with E-state index < -0.39 is 0 Å². The summed E-state index contributed by atoms with van der Waals surface area (Å²) < 4.78 is 5.16. The summed E-state index contributed by atoms with van der Waals surface area (Å²) in [6.07, 6.45) is 2.08. The van der Waals surface area contributed by atoms with Gasteiger partial charge in [0.25, 0.3) is 0 Å². The number of likely N-dealkylation sites (tertiary alicyclic amines) is 1. The monoisotopic (exact) mass is 268 g/mol. The van der Waals surface area contributed by atoms with E-state index in [4.69, 9.17) is 4.74 Å². The van der Waals surface area contributed by atoms with Crippen LogP contribution in [0.4, 0.5) is 4.79 Å². The Bertz CT molecular complexity index is 359. The largest absolute Gasteiger partial charge is 0.384 e. The van der Waals surface area contributed by atoms with Crippen LogP contribution < -0.4 is 5.32 Å². The van der Waals surface area contributed by atoms with E-state index >= 15 is 0 Å². The molecule has 1 aromatic rings. The molecule has 1 N–H and O–H groups in total.